The summed E-state index contributed by atoms with van der Waals surface area (Å²) in [7, 11) is 1.66. The first kappa shape index (κ1) is 17.9. The molecule has 0 spiro atoms. The fraction of sp³-hybridized carbons (Fsp3) is 0.476. The Bertz CT molecular complexity index is 761. The molecule has 0 radical (unpaired) electrons. The highest BCUT2D eigenvalue weighted by atomic mass is 16.5. The van der Waals surface area contributed by atoms with Crippen LogP contribution in [0.4, 0.5) is 0 Å². The fourth-order valence-electron chi connectivity index (χ4n) is 4.44. The molecule has 2 bridgehead atoms. The largest absolute Gasteiger partial charge is 0.497 e. The summed E-state index contributed by atoms with van der Waals surface area (Å²) in [5.41, 5.74) is 1.85. The number of aliphatic hydroxyl groups excluding tert-OH is 1. The van der Waals surface area contributed by atoms with Crippen molar-refractivity contribution in [2.75, 3.05) is 20.2 Å². The molecular formula is C21H28N2O2. The number of aromatic nitrogens is 1. The van der Waals surface area contributed by atoms with Crippen LogP contribution in [0.2, 0.25) is 0 Å². The molecule has 4 nitrogen and oxygen atoms in total. The smallest absolute Gasteiger partial charge is 0.119 e. The maximum atomic E-state index is 11.2. The topological polar surface area (TPSA) is 45.6 Å². The minimum Gasteiger partial charge on any atom is -0.497 e. The molecule has 5 unspecified atom stereocenters. The van der Waals surface area contributed by atoms with Gasteiger partial charge in [-0.1, -0.05) is 13.5 Å². The van der Waals surface area contributed by atoms with Gasteiger partial charge < -0.3 is 9.84 Å². The van der Waals surface area contributed by atoms with E-state index in [4.69, 9.17) is 4.74 Å². The predicted octanol–water partition coefficient (Wildman–Crippen LogP) is 3.81. The Hall–Kier alpha value is -1.91. The number of hydrogen-bond acceptors (Lipinski definition) is 4. The van der Waals surface area contributed by atoms with Crippen LogP contribution in [-0.4, -0.2) is 41.2 Å². The molecule has 0 aliphatic carbocycles. The zero-order chi connectivity index (χ0) is 16.7. The minimum absolute atomic E-state index is 0. The number of hydrogen-bond donors (Lipinski definition) is 1. The lowest BCUT2D eigenvalue weighted by Crippen LogP contribution is -2.54. The molecule has 4 heteroatoms. The maximum Gasteiger partial charge on any atom is 0.119 e. The summed E-state index contributed by atoms with van der Waals surface area (Å²) in [5.74, 6) is 2.01. The predicted molar refractivity (Wildman–Crippen MR) is 102 cm³/mol. The Labute approximate surface area is 150 Å². The summed E-state index contributed by atoms with van der Waals surface area (Å²) >= 11 is 0. The molecular weight excluding hydrogens is 312 g/mol. The number of nitrogens with zero attached hydrogens (tertiary/aromatic N) is 2. The average molecular weight is 340 g/mol. The highest BCUT2D eigenvalue weighted by molar-refractivity contribution is 5.83. The number of methoxy groups -OCH3 is 1. The van der Waals surface area contributed by atoms with Crippen molar-refractivity contribution in [2.24, 2.45) is 11.8 Å². The first-order valence-corrected chi connectivity index (χ1v) is 8.68. The van der Waals surface area contributed by atoms with Gasteiger partial charge in [-0.2, -0.15) is 0 Å². The van der Waals surface area contributed by atoms with Crippen molar-refractivity contribution in [3.63, 3.8) is 0 Å². The number of pyridine rings is 1. The van der Waals surface area contributed by atoms with E-state index in [2.05, 4.69) is 22.5 Å². The lowest BCUT2D eigenvalue weighted by atomic mass is 9.73. The van der Waals surface area contributed by atoms with Crippen LogP contribution >= 0.6 is 0 Å². The Morgan fingerprint density at radius 3 is 2.92 bits per heavy atom. The standard InChI is InChI=1S/C20H24N2O2.CH4/c1-3-13-12-22-9-7-14(13)10-19(22)20(23)16-6-8-21-18-5-4-15(24-2)11-17(16)18;/h3-6,8,11,13-14,19-20,23H,1,7,9-10,12H2,2H3;1H4. The van der Waals surface area contributed by atoms with Crippen LogP contribution in [0.25, 0.3) is 10.9 Å². The van der Waals surface area contributed by atoms with Crippen molar-refractivity contribution < 1.29 is 9.84 Å². The third-order valence-corrected chi connectivity index (χ3v) is 5.82. The third kappa shape index (κ3) is 3.05. The fourth-order valence-corrected chi connectivity index (χ4v) is 4.44. The molecule has 25 heavy (non-hydrogen) atoms. The molecule has 5 rings (SSSR count). The van der Waals surface area contributed by atoms with E-state index >= 15 is 0 Å². The van der Waals surface area contributed by atoms with Gasteiger partial charge in [-0.05, 0) is 61.1 Å². The van der Waals surface area contributed by atoms with Crippen LogP contribution in [0.5, 0.6) is 5.75 Å². The zero-order valence-corrected chi connectivity index (χ0v) is 14.1. The molecule has 0 amide bonds. The minimum atomic E-state index is -0.504. The van der Waals surface area contributed by atoms with E-state index in [-0.39, 0.29) is 13.5 Å². The van der Waals surface area contributed by atoms with E-state index in [1.165, 1.54) is 6.42 Å². The summed E-state index contributed by atoms with van der Waals surface area (Å²) in [4.78, 5) is 6.86. The van der Waals surface area contributed by atoms with Gasteiger partial charge in [0.25, 0.3) is 0 Å². The molecule has 0 saturated carbocycles. The van der Waals surface area contributed by atoms with Gasteiger partial charge in [0.2, 0.25) is 0 Å². The van der Waals surface area contributed by atoms with Gasteiger partial charge in [-0.25, -0.2) is 0 Å². The summed E-state index contributed by atoms with van der Waals surface area (Å²) in [6, 6.07) is 7.96. The molecule has 3 aliphatic rings. The van der Waals surface area contributed by atoms with Crippen LogP contribution in [0.1, 0.15) is 31.9 Å². The number of fused-ring (bicyclic) bond motifs is 4. The van der Waals surface area contributed by atoms with Crippen molar-refractivity contribution in [3.05, 3.63) is 48.7 Å². The maximum absolute atomic E-state index is 11.2. The summed E-state index contributed by atoms with van der Waals surface area (Å²) in [6.45, 7) is 6.07. The Kier molecular flexibility index (Phi) is 5.11. The molecule has 1 N–H and O–H groups in total. The zero-order valence-electron chi connectivity index (χ0n) is 14.1. The third-order valence-electron chi connectivity index (χ3n) is 5.82. The summed E-state index contributed by atoms with van der Waals surface area (Å²) in [5, 5.41) is 12.1. The second kappa shape index (κ2) is 7.14. The van der Waals surface area contributed by atoms with Gasteiger partial charge in [-0.15, -0.1) is 6.58 Å². The van der Waals surface area contributed by atoms with Gasteiger partial charge in [0.05, 0.1) is 18.7 Å². The molecule has 1 aromatic heterocycles. The van der Waals surface area contributed by atoms with Crippen molar-refractivity contribution >= 4 is 10.9 Å². The summed E-state index contributed by atoms with van der Waals surface area (Å²) < 4.78 is 5.35. The van der Waals surface area contributed by atoms with Crippen LogP contribution in [-0.2, 0) is 0 Å². The van der Waals surface area contributed by atoms with Crippen LogP contribution in [0.3, 0.4) is 0 Å². The molecule has 2 aromatic rings. The Morgan fingerprint density at radius 2 is 2.24 bits per heavy atom. The number of rotatable bonds is 4. The van der Waals surface area contributed by atoms with Gasteiger partial charge >= 0.3 is 0 Å². The van der Waals surface area contributed by atoms with E-state index < -0.39 is 6.10 Å². The highest BCUT2D eigenvalue weighted by Gasteiger charge is 2.42. The lowest BCUT2D eigenvalue weighted by molar-refractivity contribution is -0.0444. The SMILES string of the molecule is C.C=CC1CN2CCC1CC2C(O)c1ccnc2ccc(OC)cc12. The average Bonchev–Trinajstić information content (AvgIpc) is 2.66. The molecule has 3 aliphatic heterocycles. The second-order valence-corrected chi connectivity index (χ2v) is 6.97. The van der Waals surface area contributed by atoms with Gasteiger partial charge in [0.15, 0.2) is 0 Å². The quantitative estimate of drug-likeness (QED) is 0.860. The number of benzene rings is 1. The van der Waals surface area contributed by atoms with Crippen LogP contribution in [0.15, 0.2) is 43.1 Å². The van der Waals surface area contributed by atoms with Crippen molar-refractivity contribution in [2.45, 2.75) is 32.4 Å². The van der Waals surface area contributed by atoms with E-state index in [0.29, 0.717) is 11.8 Å². The van der Waals surface area contributed by atoms with Crippen LogP contribution in [0, 0.1) is 11.8 Å². The number of ether oxygens (including phenoxy) is 1. The second-order valence-electron chi connectivity index (χ2n) is 6.97. The lowest BCUT2D eigenvalue weighted by Gasteiger charge is -2.50. The molecule has 3 fully saturated rings. The van der Waals surface area contributed by atoms with Gasteiger partial charge in [-0.3, -0.25) is 9.88 Å². The van der Waals surface area contributed by atoms with Gasteiger partial charge in [0.1, 0.15) is 5.75 Å². The normalized spacial score (nSPS) is 29.0. The van der Waals surface area contributed by atoms with E-state index in [1.54, 1.807) is 13.3 Å². The van der Waals surface area contributed by atoms with E-state index in [9.17, 15) is 5.11 Å². The highest BCUT2D eigenvalue weighted by Crippen LogP contribution is 2.42. The molecule has 4 heterocycles. The summed E-state index contributed by atoms with van der Waals surface area (Å²) in [6.07, 6.45) is 5.62. The van der Waals surface area contributed by atoms with E-state index in [1.807, 2.05) is 24.3 Å². The van der Waals surface area contributed by atoms with E-state index in [0.717, 1.165) is 41.7 Å². The number of aliphatic hydroxyl groups is 1. The van der Waals surface area contributed by atoms with Crippen molar-refractivity contribution in [3.8, 4) is 5.75 Å². The first-order valence-electron chi connectivity index (χ1n) is 8.68. The van der Waals surface area contributed by atoms with Gasteiger partial charge in [0, 0.05) is 24.2 Å². The Morgan fingerprint density at radius 1 is 1.40 bits per heavy atom. The molecule has 1 aromatic carbocycles. The monoisotopic (exact) mass is 340 g/mol. The molecule has 3 saturated heterocycles. The first-order chi connectivity index (χ1) is 11.7. The number of piperidine rings is 3. The van der Waals surface area contributed by atoms with Crippen LogP contribution < -0.4 is 4.74 Å². The Balaban J connectivity index is 0.00000182. The molecule has 5 atom stereocenters. The molecule has 134 valence electrons. The van der Waals surface area contributed by atoms with Crippen molar-refractivity contribution in [1.29, 1.82) is 0 Å². The van der Waals surface area contributed by atoms with Crippen molar-refractivity contribution in [1.82, 2.24) is 9.88 Å².